The number of hydrogen-bond acceptors (Lipinski definition) is 9. The van der Waals surface area contributed by atoms with Crippen LogP contribution in [-0.4, -0.2) is 147 Å². The number of carbonyl (C=O) groups excluding carboxylic acids is 1. The van der Waals surface area contributed by atoms with Gasteiger partial charge in [0, 0.05) is 197 Å². The van der Waals surface area contributed by atoms with Crippen molar-refractivity contribution in [3.63, 3.8) is 0 Å². The van der Waals surface area contributed by atoms with E-state index in [9.17, 15) is 4.79 Å². The average molecular weight is 1250 g/mol. The Labute approximate surface area is 541 Å². The molecule has 8 N–H and O–H groups in total. The van der Waals surface area contributed by atoms with Gasteiger partial charge in [-0.15, -0.1) is 12.4 Å². The summed E-state index contributed by atoms with van der Waals surface area (Å²) in [4.78, 5) is 36.5. The van der Waals surface area contributed by atoms with Crippen LogP contribution >= 0.6 is 36.8 Å². The molecule has 12 nitrogen and oxygen atoms in total. The molecule has 462 valence electrons. The second-order valence-electron chi connectivity index (χ2n) is 24.5. The van der Waals surface area contributed by atoms with Crippen molar-refractivity contribution < 1.29 is 4.79 Å². The number of aromatic amines is 4. The molecule has 0 saturated carbocycles. The van der Waals surface area contributed by atoms with Crippen LogP contribution in [0.25, 0.3) is 65.9 Å². The monoisotopic (exact) mass is 1240 g/mol. The Bertz CT molecular complexity index is 3870. The molecule has 0 spiro atoms. The number of nitrogens with two attached hydrogens (primary N) is 1. The maximum absolute atomic E-state index is 12.4. The summed E-state index contributed by atoms with van der Waals surface area (Å²) in [6, 6.07) is 35.2. The molecule has 15 heteroatoms. The minimum Gasteiger partial charge on any atom is -0.393 e. The fourth-order valence-electron chi connectivity index (χ4n) is 12.2. The summed E-state index contributed by atoms with van der Waals surface area (Å²) >= 11 is 10.5. The molecular weight excluding hydrogens is 1160 g/mol. The summed E-state index contributed by atoms with van der Waals surface area (Å²) in [5.41, 5.74) is 28.3. The highest BCUT2D eigenvalue weighted by Gasteiger charge is 2.19. The lowest BCUT2D eigenvalue weighted by molar-refractivity contribution is 0.100. The van der Waals surface area contributed by atoms with Gasteiger partial charge < -0.3 is 56.1 Å². The Balaban J connectivity index is 0.000000142. The largest absolute Gasteiger partial charge is 0.393 e. The number of Topliss-reactive ketones (excluding diaryl/α,β-unsaturated/α-hetero) is 1. The molecule has 4 aliphatic heterocycles. The summed E-state index contributed by atoms with van der Waals surface area (Å²) in [6.07, 6.45) is 25.3. The third-order valence-electron chi connectivity index (χ3n) is 17.2. The van der Waals surface area contributed by atoms with E-state index in [1.54, 1.807) is 0 Å². The molecule has 0 amide bonds. The van der Waals surface area contributed by atoms with Crippen molar-refractivity contribution in [2.45, 2.75) is 71.6 Å². The van der Waals surface area contributed by atoms with Gasteiger partial charge in [-0.2, -0.15) is 0 Å². The number of ketones is 1. The number of nitrogens with zero attached hydrogens (tertiary/aromatic N) is 4. The zero-order chi connectivity index (χ0) is 61.8. The van der Waals surface area contributed by atoms with E-state index in [0.29, 0.717) is 35.7 Å². The third-order valence-corrected chi connectivity index (χ3v) is 17.6. The molecule has 89 heavy (non-hydrogen) atoms. The van der Waals surface area contributed by atoms with Gasteiger partial charge in [0.05, 0.1) is 4.99 Å². The van der Waals surface area contributed by atoms with Crippen molar-refractivity contribution in [2.75, 3.05) is 80.5 Å². The normalized spacial score (nSPS) is 15.7. The molecule has 4 aromatic heterocycles. The number of nitrogens with one attached hydrogen (secondary N) is 6. The van der Waals surface area contributed by atoms with Crippen LogP contribution in [0, 0.1) is 10.8 Å². The van der Waals surface area contributed by atoms with Gasteiger partial charge in [-0.1, -0.05) is 103 Å². The summed E-state index contributed by atoms with van der Waals surface area (Å²) in [6.45, 7) is 12.2. The van der Waals surface area contributed by atoms with Crippen molar-refractivity contribution in [3.05, 3.63) is 202 Å². The van der Waals surface area contributed by atoms with E-state index >= 15 is 0 Å². The first-order valence-corrected chi connectivity index (χ1v) is 31.7. The fourth-order valence-corrected chi connectivity index (χ4v) is 12.7. The van der Waals surface area contributed by atoms with E-state index < -0.39 is 0 Å². The van der Waals surface area contributed by atoms with E-state index in [2.05, 4.69) is 190 Å². The van der Waals surface area contributed by atoms with Crippen LogP contribution in [-0.2, 0) is 25.7 Å². The van der Waals surface area contributed by atoms with Gasteiger partial charge in [-0.05, 0) is 161 Å². The first-order chi connectivity index (χ1) is 42.5. The van der Waals surface area contributed by atoms with Gasteiger partial charge in [-0.3, -0.25) is 4.79 Å². The lowest BCUT2D eigenvalue weighted by Crippen LogP contribution is -2.23. The van der Waals surface area contributed by atoms with Crippen LogP contribution in [0.1, 0.15) is 101 Å². The second kappa shape index (κ2) is 30.7. The Morgan fingerprint density at radius 1 is 0.461 bits per heavy atom. The van der Waals surface area contributed by atoms with Crippen LogP contribution in [0.5, 0.6) is 0 Å². The quantitative estimate of drug-likeness (QED) is 0.0303. The number of likely N-dealkylation sites (N-methyl/N-ethyl adjacent to an activating group) is 4. The first-order valence-electron chi connectivity index (χ1n) is 30.9. The van der Waals surface area contributed by atoms with Crippen molar-refractivity contribution in [1.29, 1.82) is 10.8 Å². The Kier molecular flexibility index (Phi) is 22.7. The Hall–Kier alpha value is -7.66. The molecule has 0 saturated heterocycles. The van der Waals surface area contributed by atoms with Crippen molar-refractivity contribution in [1.82, 2.24) is 39.5 Å². The highest BCUT2D eigenvalue weighted by molar-refractivity contribution is 7.80. The van der Waals surface area contributed by atoms with Crippen LogP contribution in [0.15, 0.2) is 152 Å². The van der Waals surface area contributed by atoms with Crippen molar-refractivity contribution >= 4 is 130 Å². The van der Waals surface area contributed by atoms with Gasteiger partial charge in [0.2, 0.25) is 0 Å². The van der Waals surface area contributed by atoms with Crippen LogP contribution in [0.2, 0.25) is 0 Å². The Morgan fingerprint density at radius 3 is 1.04 bits per heavy atom. The molecule has 8 heterocycles. The summed E-state index contributed by atoms with van der Waals surface area (Å²) in [5.74, 6) is 0.0884. The van der Waals surface area contributed by atoms with Gasteiger partial charge in [-0.25, -0.2) is 0 Å². The van der Waals surface area contributed by atoms with E-state index in [-0.39, 0.29) is 18.2 Å². The minimum atomic E-state index is 0. The van der Waals surface area contributed by atoms with Crippen LogP contribution < -0.4 is 5.73 Å². The highest BCUT2D eigenvalue weighted by Crippen LogP contribution is 2.34. The highest BCUT2D eigenvalue weighted by atomic mass is 35.5. The first kappa shape index (κ1) is 65.8. The smallest absolute Gasteiger partial charge is 0.167 e. The van der Waals surface area contributed by atoms with Gasteiger partial charge >= 0.3 is 0 Å². The molecule has 0 radical (unpaired) electrons. The third kappa shape index (κ3) is 17.4. The van der Waals surface area contributed by atoms with E-state index in [4.69, 9.17) is 41.0 Å². The molecule has 5 aromatic carbocycles. The lowest BCUT2D eigenvalue weighted by Gasteiger charge is -2.21. The standard InChI is InChI=1S/C24H24N2OS.2C17H21N3.C16H19N3S.ClH/c1-26-11-9-18(10-12-26)22-16-25-23-8-7-17(14-21(22)23)13-20(28)15-24(27)19-5-3-2-4-6-19;2*1-12(18)9-13-3-4-17-15(10-13)16(11-19-17)14-5-7-20(2)8-6-14;1-19-6-4-12(5-7-19)14-10-18-15-3-2-11(8-13(14)15)9-16(17)20;/h2-9,14,16,25H,10-13,15H2,1H3;2*3-5,10-11,18-19H,6-9H2,1-2H3;2-4,8,10,18H,5-7,9H2,1H3,(H2,17,20);1H. The number of halogens is 1. The van der Waals surface area contributed by atoms with Crippen LogP contribution in [0.3, 0.4) is 0 Å². The maximum Gasteiger partial charge on any atom is 0.167 e. The summed E-state index contributed by atoms with van der Waals surface area (Å²) in [7, 11) is 8.63. The van der Waals surface area contributed by atoms with Crippen molar-refractivity contribution in [3.8, 4) is 0 Å². The number of carbonyl (C=O) groups is 1. The minimum absolute atomic E-state index is 0. The fraction of sp³-hybridized carbons (Fsp3) is 0.311. The Morgan fingerprint density at radius 2 is 0.764 bits per heavy atom. The predicted octanol–water partition coefficient (Wildman–Crippen LogP) is 15.1. The number of benzene rings is 5. The molecule has 0 bridgehead atoms. The number of aromatic nitrogens is 4. The van der Waals surface area contributed by atoms with Gasteiger partial charge in [0.25, 0.3) is 0 Å². The molecule has 0 unspecified atom stereocenters. The number of hydrogen-bond donors (Lipinski definition) is 7. The van der Waals surface area contributed by atoms with E-state index in [1.807, 2.05) is 44.2 Å². The number of thiocarbonyl (C=S) groups is 2. The zero-order valence-corrected chi connectivity index (χ0v) is 54.9. The molecule has 0 fully saturated rings. The molecular formula is C74H86ClN11OS2. The van der Waals surface area contributed by atoms with Gasteiger partial charge in [0.1, 0.15) is 0 Å². The topological polar surface area (TPSA) is 167 Å². The summed E-state index contributed by atoms with van der Waals surface area (Å²) in [5, 5.41) is 20.4. The average Bonchev–Trinajstić information content (AvgIpc) is 2.43. The lowest BCUT2D eigenvalue weighted by atomic mass is 9.96. The van der Waals surface area contributed by atoms with Crippen LogP contribution in [0.4, 0.5) is 0 Å². The zero-order valence-electron chi connectivity index (χ0n) is 52.5. The molecule has 9 aromatic rings. The SMILES string of the molecule is CC(=N)Cc1ccc2[nH]cc(C3=CCN(C)CC3)c2c1.CC(=N)Cc1ccc2[nH]cc(C3=CCN(C)CC3)c2c1.CN1CC=C(c2c[nH]c3ccc(CC(=S)CC(=O)c4ccccc4)cc23)CC1.CN1CC=C(c2c[nH]c3ccc(CC(N)=S)cc23)CC1.Cl. The molecule has 0 aliphatic carbocycles. The van der Waals surface area contributed by atoms with Crippen molar-refractivity contribution in [2.24, 2.45) is 5.73 Å². The second-order valence-corrected chi connectivity index (χ2v) is 25.6. The predicted molar refractivity (Wildman–Crippen MR) is 387 cm³/mol. The summed E-state index contributed by atoms with van der Waals surface area (Å²) < 4.78 is 0. The number of rotatable bonds is 15. The van der Waals surface area contributed by atoms with E-state index in [1.165, 1.54) is 99.3 Å². The number of fused-ring (bicyclic) bond motifs is 4. The molecule has 13 rings (SSSR count). The number of H-pyrrole nitrogens is 4. The van der Waals surface area contributed by atoms with Gasteiger partial charge in [0.15, 0.2) is 5.78 Å². The molecule has 0 atom stereocenters. The molecule has 4 aliphatic rings. The van der Waals surface area contributed by atoms with E-state index in [0.717, 1.165) is 112 Å². The maximum atomic E-state index is 12.4.